The van der Waals surface area contributed by atoms with Crippen molar-refractivity contribution >= 4 is 21.9 Å². The Kier molecular flexibility index (Phi) is 4.40. The normalized spacial score (nSPS) is 13.8. The van der Waals surface area contributed by atoms with Gasteiger partial charge in [-0.1, -0.05) is 59.0 Å². The van der Waals surface area contributed by atoms with Gasteiger partial charge in [-0.05, 0) is 30.7 Å². The quantitative estimate of drug-likeness (QED) is 0.194. The molecule has 0 unspecified atom stereocenters. The minimum atomic E-state index is -3.04. The number of aromatic nitrogens is 1. The largest absolute Gasteiger partial charge is 0.500 e. The molecular formula is C26H16F2IrNO-. The molecule has 2 aromatic heterocycles. The van der Waals surface area contributed by atoms with Crippen molar-refractivity contribution < 1.29 is 33.3 Å². The fraction of sp³-hybridized carbons (Fsp3) is 0.115. The molecule has 0 aliphatic heterocycles. The van der Waals surface area contributed by atoms with Crippen LogP contribution >= 0.6 is 0 Å². The summed E-state index contributed by atoms with van der Waals surface area (Å²) in [4.78, 5) is 4.55. The summed E-state index contributed by atoms with van der Waals surface area (Å²) < 4.78 is 36.5. The van der Waals surface area contributed by atoms with Crippen molar-refractivity contribution in [3.63, 3.8) is 0 Å². The molecule has 0 fully saturated rings. The predicted molar refractivity (Wildman–Crippen MR) is 114 cm³/mol. The molecule has 31 heavy (non-hydrogen) atoms. The first-order chi connectivity index (χ1) is 14.5. The van der Waals surface area contributed by atoms with Crippen molar-refractivity contribution in [3.05, 3.63) is 89.1 Å². The van der Waals surface area contributed by atoms with Crippen LogP contribution in [0.2, 0.25) is 0 Å². The maximum absolute atomic E-state index is 15.1. The number of hydrogen-bond acceptors (Lipinski definition) is 2. The second-order valence-corrected chi connectivity index (χ2v) is 7.84. The molecule has 0 N–H and O–H groups in total. The first-order valence-electron chi connectivity index (χ1n) is 9.78. The van der Waals surface area contributed by atoms with Crippen LogP contribution in [0.1, 0.15) is 22.3 Å². The van der Waals surface area contributed by atoms with Crippen molar-refractivity contribution in [2.75, 3.05) is 0 Å². The summed E-state index contributed by atoms with van der Waals surface area (Å²) in [5.41, 5.74) is 5.83. The Hall–Kier alpha value is -2.88. The van der Waals surface area contributed by atoms with E-state index < -0.39 is 5.92 Å². The van der Waals surface area contributed by atoms with Gasteiger partial charge in [-0.3, -0.25) is 0 Å². The maximum Gasteiger partial charge on any atom is 0.299 e. The zero-order valence-electron chi connectivity index (χ0n) is 16.7. The Labute approximate surface area is 191 Å². The summed E-state index contributed by atoms with van der Waals surface area (Å²) in [6.45, 7) is 4.05. The molecule has 0 saturated carbocycles. The van der Waals surface area contributed by atoms with Gasteiger partial charge in [0.1, 0.15) is 5.58 Å². The van der Waals surface area contributed by atoms with Gasteiger partial charge in [-0.2, -0.15) is 8.78 Å². The smallest absolute Gasteiger partial charge is 0.299 e. The van der Waals surface area contributed by atoms with E-state index in [4.69, 9.17) is 4.42 Å². The maximum atomic E-state index is 15.1. The first-order valence-corrected chi connectivity index (χ1v) is 9.78. The van der Waals surface area contributed by atoms with Crippen molar-refractivity contribution in [1.82, 2.24) is 4.98 Å². The number of furan rings is 1. The van der Waals surface area contributed by atoms with E-state index in [1.165, 1.54) is 12.1 Å². The van der Waals surface area contributed by atoms with Crippen LogP contribution in [0.25, 0.3) is 44.3 Å². The molecule has 155 valence electrons. The van der Waals surface area contributed by atoms with Gasteiger partial charge >= 0.3 is 0 Å². The number of pyridine rings is 1. The number of aryl methyl sites for hydroxylation is 2. The van der Waals surface area contributed by atoms with Crippen molar-refractivity contribution in [2.45, 2.75) is 19.8 Å². The number of hydrogen-bond donors (Lipinski definition) is 0. The molecule has 5 aromatic rings. The predicted octanol–water partition coefficient (Wildman–Crippen LogP) is 7.18. The molecule has 5 heteroatoms. The van der Waals surface area contributed by atoms with Crippen LogP contribution in [0.5, 0.6) is 0 Å². The standard InChI is InChI=1S/C26H16F2NO.Ir/c1-14-12-22(29-13-15(14)2)19-8-5-7-16-17-10-11-21-23(25(17)30-24(16)19)18-6-3-4-9-20(18)26(21,27)28;/h3-7,9-13H,1-2H3;/q-1;. The van der Waals surface area contributed by atoms with E-state index in [-0.39, 0.29) is 31.2 Å². The Morgan fingerprint density at radius 3 is 2.48 bits per heavy atom. The molecule has 1 aliphatic carbocycles. The van der Waals surface area contributed by atoms with Crippen LogP contribution in [-0.4, -0.2) is 4.98 Å². The molecule has 0 bridgehead atoms. The van der Waals surface area contributed by atoms with Gasteiger partial charge in [0.15, 0.2) is 0 Å². The molecule has 1 aliphatic rings. The fourth-order valence-electron chi connectivity index (χ4n) is 4.41. The fourth-order valence-corrected chi connectivity index (χ4v) is 4.41. The van der Waals surface area contributed by atoms with Gasteiger partial charge in [-0.25, -0.2) is 0 Å². The van der Waals surface area contributed by atoms with Gasteiger partial charge in [0, 0.05) is 48.4 Å². The minimum absolute atomic E-state index is 0. The zero-order chi connectivity index (χ0) is 20.6. The Morgan fingerprint density at radius 2 is 1.68 bits per heavy atom. The SMILES string of the molecule is Cc1cnc(-c2[c-]ccc3c2oc2c4c(ccc23)C(F)(F)c2ccccc2-4)cc1C.[Ir]. The number of benzene rings is 3. The van der Waals surface area contributed by atoms with Crippen molar-refractivity contribution in [1.29, 1.82) is 0 Å². The van der Waals surface area contributed by atoms with Gasteiger partial charge < -0.3 is 9.40 Å². The van der Waals surface area contributed by atoms with E-state index in [1.54, 1.807) is 24.3 Å². The average molecular weight is 589 g/mol. The van der Waals surface area contributed by atoms with Crippen LogP contribution in [0.4, 0.5) is 8.78 Å². The molecular weight excluding hydrogens is 573 g/mol. The molecule has 3 aromatic carbocycles. The second-order valence-electron chi connectivity index (χ2n) is 7.84. The van der Waals surface area contributed by atoms with E-state index in [1.807, 2.05) is 38.2 Å². The van der Waals surface area contributed by atoms with E-state index in [2.05, 4.69) is 11.1 Å². The Bertz CT molecular complexity index is 1500. The Morgan fingerprint density at radius 1 is 0.903 bits per heavy atom. The third-order valence-electron chi connectivity index (χ3n) is 6.10. The number of halogens is 2. The zero-order valence-corrected chi connectivity index (χ0v) is 19.1. The van der Waals surface area contributed by atoms with Crippen LogP contribution in [0.15, 0.2) is 65.2 Å². The number of rotatable bonds is 1. The van der Waals surface area contributed by atoms with Gasteiger partial charge in [0.25, 0.3) is 5.92 Å². The molecule has 2 heterocycles. The van der Waals surface area contributed by atoms with E-state index >= 15 is 8.78 Å². The second kappa shape index (κ2) is 6.81. The summed E-state index contributed by atoms with van der Waals surface area (Å²) in [7, 11) is 0. The molecule has 0 saturated heterocycles. The number of nitrogens with zero attached hydrogens (tertiary/aromatic N) is 1. The third-order valence-corrected chi connectivity index (χ3v) is 6.10. The monoisotopic (exact) mass is 589 g/mol. The first kappa shape index (κ1) is 20.0. The molecule has 1 radical (unpaired) electrons. The van der Waals surface area contributed by atoms with Crippen LogP contribution in [0, 0.1) is 19.9 Å². The van der Waals surface area contributed by atoms with Crippen LogP contribution < -0.4 is 0 Å². The average Bonchev–Trinajstić information content (AvgIpc) is 3.24. The van der Waals surface area contributed by atoms with E-state index in [0.717, 1.165) is 33.2 Å². The third kappa shape index (κ3) is 2.67. The summed E-state index contributed by atoms with van der Waals surface area (Å²) in [6, 6.07) is 18.9. The summed E-state index contributed by atoms with van der Waals surface area (Å²) >= 11 is 0. The summed E-state index contributed by atoms with van der Waals surface area (Å²) in [5.74, 6) is -3.04. The number of alkyl halides is 2. The van der Waals surface area contributed by atoms with Crippen molar-refractivity contribution in [2.24, 2.45) is 0 Å². The van der Waals surface area contributed by atoms with Crippen LogP contribution in [0.3, 0.4) is 0 Å². The van der Waals surface area contributed by atoms with Gasteiger partial charge in [0.05, 0.1) is 5.58 Å². The minimum Gasteiger partial charge on any atom is -0.500 e. The van der Waals surface area contributed by atoms with Gasteiger partial charge in [-0.15, -0.1) is 18.2 Å². The molecule has 0 atom stereocenters. The Balaban J connectivity index is 0.00000204. The summed E-state index contributed by atoms with van der Waals surface area (Å²) in [6.07, 6.45) is 1.83. The molecule has 2 nitrogen and oxygen atoms in total. The van der Waals surface area contributed by atoms with Crippen molar-refractivity contribution in [3.8, 4) is 22.4 Å². The molecule has 6 rings (SSSR count). The van der Waals surface area contributed by atoms with E-state index in [0.29, 0.717) is 22.3 Å². The molecule has 0 amide bonds. The topological polar surface area (TPSA) is 26.0 Å². The molecule has 0 spiro atoms. The summed E-state index contributed by atoms with van der Waals surface area (Å²) in [5, 5.41) is 1.68. The van der Waals surface area contributed by atoms with E-state index in [9.17, 15) is 0 Å². The van der Waals surface area contributed by atoms with Gasteiger partial charge in [0.2, 0.25) is 0 Å². The number of fused-ring (bicyclic) bond motifs is 7. The van der Waals surface area contributed by atoms with Crippen LogP contribution in [-0.2, 0) is 26.0 Å².